The fraction of sp³-hybridized carbons (Fsp3) is 0.364. The van der Waals surface area contributed by atoms with E-state index in [1.165, 1.54) is 12.1 Å². The number of benzene rings is 1. The van der Waals surface area contributed by atoms with Gasteiger partial charge in [0.2, 0.25) is 5.91 Å². The van der Waals surface area contributed by atoms with Crippen LogP contribution in [0.4, 0.5) is 10.1 Å². The van der Waals surface area contributed by atoms with Crippen molar-refractivity contribution in [3.8, 4) is 0 Å². The number of carbonyl (C=O) groups excluding carboxylic acids is 1. The molecule has 1 fully saturated rings. The second-order valence-electron chi connectivity index (χ2n) is 4.17. The summed E-state index contributed by atoms with van der Waals surface area (Å²) in [4.78, 5) is 11.9. The fourth-order valence-corrected chi connectivity index (χ4v) is 2.13. The van der Waals surface area contributed by atoms with Crippen LogP contribution in [0.3, 0.4) is 0 Å². The van der Waals surface area contributed by atoms with Gasteiger partial charge in [0.1, 0.15) is 5.54 Å². The van der Waals surface area contributed by atoms with E-state index in [9.17, 15) is 9.18 Å². The molecule has 1 amide bonds. The minimum Gasteiger partial charge on any atom is -0.379 e. The lowest BCUT2D eigenvalue weighted by Gasteiger charge is -2.20. The highest BCUT2D eigenvalue weighted by Crippen LogP contribution is 2.28. The van der Waals surface area contributed by atoms with E-state index >= 15 is 0 Å². The van der Waals surface area contributed by atoms with Crippen molar-refractivity contribution >= 4 is 34.8 Å². The molecule has 0 bridgehead atoms. The predicted octanol–water partition coefficient (Wildman–Crippen LogP) is 2.19. The van der Waals surface area contributed by atoms with Crippen molar-refractivity contribution in [1.29, 1.82) is 0 Å². The lowest BCUT2D eigenvalue weighted by Crippen LogP contribution is -2.51. The highest BCUT2D eigenvalue weighted by Gasteiger charge is 2.38. The highest BCUT2D eigenvalue weighted by atomic mass is 35.5. The molecular weight excluding hydrogens is 282 g/mol. The van der Waals surface area contributed by atoms with E-state index in [-0.39, 0.29) is 16.7 Å². The summed E-state index contributed by atoms with van der Waals surface area (Å²) in [5.41, 5.74) is 5.12. The van der Waals surface area contributed by atoms with Crippen molar-refractivity contribution < 1.29 is 13.9 Å². The number of hydrogen-bond acceptors (Lipinski definition) is 3. The SMILES string of the molecule is NC1(C(=O)Nc2cc(Cl)c(F)c(Cl)c2)CCOC1. The zero-order valence-corrected chi connectivity index (χ0v) is 10.8. The first-order valence-electron chi connectivity index (χ1n) is 5.25. The summed E-state index contributed by atoms with van der Waals surface area (Å²) >= 11 is 11.3. The van der Waals surface area contributed by atoms with E-state index in [1.807, 2.05) is 0 Å². The van der Waals surface area contributed by atoms with Gasteiger partial charge in [-0.25, -0.2) is 4.39 Å². The summed E-state index contributed by atoms with van der Waals surface area (Å²) < 4.78 is 18.3. The molecule has 1 heterocycles. The molecule has 4 nitrogen and oxygen atoms in total. The predicted molar refractivity (Wildman–Crippen MR) is 67.4 cm³/mol. The molecule has 1 unspecified atom stereocenters. The average molecular weight is 293 g/mol. The molecule has 98 valence electrons. The lowest BCUT2D eigenvalue weighted by molar-refractivity contribution is -0.121. The number of nitrogens with two attached hydrogens (primary N) is 1. The number of amides is 1. The number of carbonyl (C=O) groups is 1. The van der Waals surface area contributed by atoms with Crippen molar-refractivity contribution in [1.82, 2.24) is 0 Å². The van der Waals surface area contributed by atoms with Gasteiger partial charge in [-0.15, -0.1) is 0 Å². The number of nitrogens with one attached hydrogen (secondary N) is 1. The smallest absolute Gasteiger partial charge is 0.246 e. The van der Waals surface area contributed by atoms with Gasteiger partial charge < -0.3 is 15.8 Å². The van der Waals surface area contributed by atoms with Gasteiger partial charge >= 0.3 is 0 Å². The zero-order chi connectivity index (χ0) is 13.3. The number of halogens is 3. The van der Waals surface area contributed by atoms with Crippen LogP contribution in [0.25, 0.3) is 0 Å². The molecule has 2 rings (SSSR count). The molecule has 1 aromatic rings. The Labute approximate surface area is 113 Å². The molecule has 1 aliphatic rings. The van der Waals surface area contributed by atoms with Gasteiger partial charge in [-0.1, -0.05) is 23.2 Å². The summed E-state index contributed by atoms with van der Waals surface area (Å²) in [6.07, 6.45) is 0.432. The maximum absolute atomic E-state index is 13.2. The van der Waals surface area contributed by atoms with Gasteiger partial charge in [-0.2, -0.15) is 0 Å². The van der Waals surface area contributed by atoms with Crippen molar-refractivity contribution in [3.05, 3.63) is 28.0 Å². The van der Waals surface area contributed by atoms with Crippen molar-refractivity contribution in [2.24, 2.45) is 5.73 Å². The van der Waals surface area contributed by atoms with E-state index < -0.39 is 17.3 Å². The molecule has 1 saturated heterocycles. The minimum absolute atomic E-state index is 0.154. The summed E-state index contributed by atoms with van der Waals surface area (Å²) in [5.74, 6) is -1.12. The first kappa shape index (κ1) is 13.5. The Balaban J connectivity index is 2.17. The second-order valence-corrected chi connectivity index (χ2v) is 4.98. The van der Waals surface area contributed by atoms with Gasteiger partial charge in [0, 0.05) is 12.3 Å². The monoisotopic (exact) mass is 292 g/mol. The van der Waals surface area contributed by atoms with Crippen LogP contribution in [-0.4, -0.2) is 24.7 Å². The third-order valence-electron chi connectivity index (χ3n) is 2.75. The van der Waals surface area contributed by atoms with Crippen LogP contribution in [0, 0.1) is 5.82 Å². The van der Waals surface area contributed by atoms with Gasteiger partial charge in [0.05, 0.1) is 16.7 Å². The molecule has 3 N–H and O–H groups in total. The topological polar surface area (TPSA) is 64.4 Å². The van der Waals surface area contributed by atoms with Crippen molar-refractivity contribution in [2.75, 3.05) is 18.5 Å². The van der Waals surface area contributed by atoms with Crippen LogP contribution in [0.1, 0.15) is 6.42 Å². The molecule has 0 saturated carbocycles. The molecule has 18 heavy (non-hydrogen) atoms. The van der Waals surface area contributed by atoms with E-state index in [1.54, 1.807) is 0 Å². The van der Waals surface area contributed by atoms with Crippen LogP contribution in [0.15, 0.2) is 12.1 Å². The molecule has 1 aromatic carbocycles. The summed E-state index contributed by atoms with van der Waals surface area (Å²) in [6.45, 7) is 0.594. The highest BCUT2D eigenvalue weighted by molar-refractivity contribution is 6.35. The third-order valence-corrected chi connectivity index (χ3v) is 3.30. The van der Waals surface area contributed by atoms with Crippen LogP contribution in [-0.2, 0) is 9.53 Å². The molecule has 0 aliphatic carbocycles. The number of anilines is 1. The Morgan fingerprint density at radius 2 is 2.06 bits per heavy atom. The molecular formula is C11H11Cl2FN2O2. The maximum Gasteiger partial charge on any atom is 0.246 e. The zero-order valence-electron chi connectivity index (χ0n) is 9.30. The Morgan fingerprint density at radius 3 is 2.56 bits per heavy atom. The van der Waals surface area contributed by atoms with Crippen LogP contribution in [0.5, 0.6) is 0 Å². The minimum atomic E-state index is -1.06. The average Bonchev–Trinajstić information content (AvgIpc) is 2.74. The van der Waals surface area contributed by atoms with Crippen LogP contribution < -0.4 is 11.1 Å². The Hall–Kier alpha value is -0.880. The Morgan fingerprint density at radius 1 is 1.44 bits per heavy atom. The number of rotatable bonds is 2. The van der Waals surface area contributed by atoms with E-state index in [2.05, 4.69) is 5.32 Å². The van der Waals surface area contributed by atoms with Gasteiger partial charge in [-0.05, 0) is 18.6 Å². The molecule has 1 atom stereocenters. The lowest BCUT2D eigenvalue weighted by atomic mass is 9.99. The van der Waals surface area contributed by atoms with Gasteiger partial charge in [0.25, 0.3) is 0 Å². The first-order chi connectivity index (χ1) is 8.42. The molecule has 0 aromatic heterocycles. The molecule has 0 radical (unpaired) electrons. The van der Waals surface area contributed by atoms with E-state index in [0.29, 0.717) is 18.7 Å². The largest absolute Gasteiger partial charge is 0.379 e. The van der Waals surface area contributed by atoms with Gasteiger partial charge in [-0.3, -0.25) is 4.79 Å². The molecule has 7 heteroatoms. The number of ether oxygens (including phenoxy) is 1. The molecule has 0 spiro atoms. The van der Waals surface area contributed by atoms with Crippen molar-refractivity contribution in [3.63, 3.8) is 0 Å². The van der Waals surface area contributed by atoms with Crippen LogP contribution >= 0.6 is 23.2 Å². The van der Waals surface area contributed by atoms with Crippen LogP contribution in [0.2, 0.25) is 10.0 Å². The van der Waals surface area contributed by atoms with Crippen molar-refractivity contribution in [2.45, 2.75) is 12.0 Å². The third kappa shape index (κ3) is 2.59. The summed E-state index contributed by atoms with van der Waals surface area (Å²) in [5, 5.41) is 2.23. The quantitative estimate of drug-likeness (QED) is 0.821. The standard InChI is InChI=1S/C11H11Cl2FN2O2/c12-7-3-6(4-8(13)9(7)14)16-10(17)11(15)1-2-18-5-11/h3-4H,1-2,5,15H2,(H,16,17). The summed E-state index contributed by atoms with van der Waals surface area (Å²) in [7, 11) is 0. The second kappa shape index (κ2) is 5.01. The Bertz CT molecular complexity index is 467. The fourth-order valence-electron chi connectivity index (χ4n) is 1.64. The van der Waals surface area contributed by atoms with E-state index in [4.69, 9.17) is 33.7 Å². The first-order valence-corrected chi connectivity index (χ1v) is 6.00. The maximum atomic E-state index is 13.2. The molecule has 1 aliphatic heterocycles. The Kier molecular flexibility index (Phi) is 3.77. The van der Waals surface area contributed by atoms with E-state index in [0.717, 1.165) is 0 Å². The normalized spacial score (nSPS) is 23.1. The number of hydrogen-bond donors (Lipinski definition) is 2. The summed E-state index contributed by atoms with van der Waals surface area (Å²) in [6, 6.07) is 2.56. The van der Waals surface area contributed by atoms with Gasteiger partial charge in [0.15, 0.2) is 5.82 Å².